The van der Waals surface area contributed by atoms with Crippen molar-refractivity contribution in [2.45, 2.75) is 73.1 Å². The second kappa shape index (κ2) is 10.2. The molecular weight excluding hydrogens is 278 g/mol. The molecule has 126 valence electrons. The number of rotatable bonds is 6. The molecule has 0 atom stereocenters. The lowest BCUT2D eigenvalue weighted by atomic mass is 9.88. The summed E-state index contributed by atoms with van der Waals surface area (Å²) in [4.78, 5) is 4.90. The summed E-state index contributed by atoms with van der Waals surface area (Å²) in [6, 6.07) is 12.9. The molecule has 0 aliphatic rings. The van der Waals surface area contributed by atoms with Crippen molar-refractivity contribution >= 4 is 0 Å². The Labute approximate surface area is 143 Å². The van der Waals surface area contributed by atoms with E-state index in [1.165, 1.54) is 48.1 Å². The van der Waals surface area contributed by atoms with Crippen LogP contribution in [0.4, 0.5) is 0 Å². The van der Waals surface area contributed by atoms with Gasteiger partial charge in [-0.3, -0.25) is 4.98 Å². The number of nitrogens with zero attached hydrogens (tertiary/aromatic N) is 1. The number of aryl methyl sites for hydroxylation is 1. The molecule has 0 saturated carbocycles. The van der Waals surface area contributed by atoms with Gasteiger partial charge in [0.15, 0.2) is 0 Å². The molecule has 0 N–H and O–H groups in total. The van der Waals surface area contributed by atoms with Gasteiger partial charge in [0.25, 0.3) is 0 Å². The van der Waals surface area contributed by atoms with Gasteiger partial charge >= 0.3 is 0 Å². The monoisotopic (exact) mass is 311 g/mol. The number of hydrogen-bond acceptors (Lipinski definition) is 1. The summed E-state index contributed by atoms with van der Waals surface area (Å²) in [5, 5.41) is 0. The quantitative estimate of drug-likeness (QED) is 0.555. The fourth-order valence-corrected chi connectivity index (χ4v) is 3.19. The Balaban J connectivity index is 0.00000127. The zero-order chi connectivity index (χ0) is 17.2. The van der Waals surface area contributed by atoms with Crippen LogP contribution in [0.3, 0.4) is 0 Å². The molecule has 1 aromatic carbocycles. The van der Waals surface area contributed by atoms with Gasteiger partial charge < -0.3 is 0 Å². The van der Waals surface area contributed by atoms with Gasteiger partial charge in [0, 0.05) is 17.3 Å². The maximum Gasteiger partial charge on any atom is 0.0473 e. The number of pyridine rings is 1. The molecule has 2 rings (SSSR count). The van der Waals surface area contributed by atoms with Crippen molar-refractivity contribution in [3.05, 3.63) is 53.3 Å². The van der Waals surface area contributed by atoms with Gasteiger partial charge in [0.2, 0.25) is 0 Å². The number of aromatic nitrogens is 1. The minimum Gasteiger partial charge on any atom is -0.258 e. The Hall–Kier alpha value is -1.63. The topological polar surface area (TPSA) is 12.9 Å². The van der Waals surface area contributed by atoms with Crippen LogP contribution in [-0.4, -0.2) is 4.98 Å². The predicted octanol–water partition coefficient (Wildman–Crippen LogP) is 7.08. The Morgan fingerprint density at radius 1 is 0.913 bits per heavy atom. The maximum atomic E-state index is 4.90. The van der Waals surface area contributed by atoms with Crippen molar-refractivity contribution in [2.75, 3.05) is 0 Å². The van der Waals surface area contributed by atoms with E-state index in [1.54, 1.807) is 0 Å². The highest BCUT2D eigenvalue weighted by Crippen LogP contribution is 2.33. The molecule has 0 aliphatic heterocycles. The molecule has 0 fully saturated rings. The minimum absolute atomic E-state index is 0.599. The standard InChI is InChI=1S/C20H27N.C2H6/c1-5-10-18(11-6-2)20-16(4)19(14-15(3)21-20)17-12-8-7-9-13-17;1-2/h7-9,12-14,18H,5-6,10-11H2,1-4H3;1-2H3. The molecular formula is C22H33N. The zero-order valence-corrected chi connectivity index (χ0v) is 15.8. The van der Waals surface area contributed by atoms with Crippen molar-refractivity contribution in [1.29, 1.82) is 0 Å². The fraction of sp³-hybridized carbons (Fsp3) is 0.500. The first-order valence-corrected chi connectivity index (χ1v) is 9.20. The molecule has 2 aromatic rings. The van der Waals surface area contributed by atoms with Gasteiger partial charge in [-0.25, -0.2) is 0 Å². The first kappa shape index (κ1) is 19.4. The Morgan fingerprint density at radius 3 is 2.00 bits per heavy atom. The second-order valence-electron chi connectivity index (χ2n) is 5.96. The lowest BCUT2D eigenvalue weighted by Crippen LogP contribution is -2.06. The van der Waals surface area contributed by atoms with E-state index < -0.39 is 0 Å². The molecule has 0 spiro atoms. The molecule has 1 heteroatoms. The first-order chi connectivity index (χ1) is 11.2. The van der Waals surface area contributed by atoms with Crippen LogP contribution < -0.4 is 0 Å². The first-order valence-electron chi connectivity index (χ1n) is 9.20. The third-order valence-electron chi connectivity index (χ3n) is 4.18. The van der Waals surface area contributed by atoms with Crippen molar-refractivity contribution in [3.8, 4) is 11.1 Å². The van der Waals surface area contributed by atoms with Crippen LogP contribution in [0.15, 0.2) is 36.4 Å². The molecule has 0 radical (unpaired) electrons. The molecule has 0 saturated heterocycles. The Morgan fingerprint density at radius 2 is 1.48 bits per heavy atom. The van der Waals surface area contributed by atoms with E-state index in [-0.39, 0.29) is 0 Å². The summed E-state index contributed by atoms with van der Waals surface area (Å²) in [6.07, 6.45) is 4.92. The van der Waals surface area contributed by atoms with E-state index in [0.29, 0.717) is 5.92 Å². The van der Waals surface area contributed by atoms with Crippen LogP contribution >= 0.6 is 0 Å². The lowest BCUT2D eigenvalue weighted by Gasteiger charge is -2.20. The summed E-state index contributed by atoms with van der Waals surface area (Å²) in [5.74, 6) is 0.599. The Kier molecular flexibility index (Phi) is 8.61. The lowest BCUT2D eigenvalue weighted by molar-refractivity contribution is 0.545. The molecule has 0 amide bonds. The van der Waals surface area contributed by atoms with Gasteiger partial charge in [0.05, 0.1) is 0 Å². The highest BCUT2D eigenvalue weighted by atomic mass is 14.7. The third-order valence-corrected chi connectivity index (χ3v) is 4.18. The van der Waals surface area contributed by atoms with Gasteiger partial charge in [-0.1, -0.05) is 70.9 Å². The largest absolute Gasteiger partial charge is 0.258 e. The average Bonchev–Trinajstić information content (AvgIpc) is 2.59. The highest BCUT2D eigenvalue weighted by Gasteiger charge is 2.17. The Bertz CT molecular complexity index is 566. The summed E-state index contributed by atoms with van der Waals surface area (Å²) in [5.41, 5.74) is 6.45. The molecule has 1 nitrogen and oxygen atoms in total. The molecule has 0 bridgehead atoms. The summed E-state index contributed by atoms with van der Waals surface area (Å²) in [7, 11) is 0. The van der Waals surface area contributed by atoms with Gasteiger partial charge in [-0.2, -0.15) is 0 Å². The van der Waals surface area contributed by atoms with Crippen molar-refractivity contribution in [1.82, 2.24) is 4.98 Å². The van der Waals surface area contributed by atoms with Crippen molar-refractivity contribution in [3.63, 3.8) is 0 Å². The zero-order valence-electron chi connectivity index (χ0n) is 15.8. The highest BCUT2D eigenvalue weighted by molar-refractivity contribution is 5.68. The summed E-state index contributed by atoms with van der Waals surface area (Å²) in [6.45, 7) is 12.9. The van der Waals surface area contributed by atoms with Crippen molar-refractivity contribution < 1.29 is 0 Å². The van der Waals surface area contributed by atoms with Crippen LogP contribution in [0.25, 0.3) is 11.1 Å². The second-order valence-corrected chi connectivity index (χ2v) is 5.96. The van der Waals surface area contributed by atoms with Crippen LogP contribution in [0, 0.1) is 13.8 Å². The minimum atomic E-state index is 0.599. The molecule has 1 heterocycles. The molecule has 0 unspecified atom stereocenters. The van der Waals surface area contributed by atoms with Crippen LogP contribution in [-0.2, 0) is 0 Å². The van der Waals surface area contributed by atoms with Gasteiger partial charge in [0.1, 0.15) is 0 Å². The normalized spacial score (nSPS) is 10.4. The number of hydrogen-bond donors (Lipinski definition) is 0. The predicted molar refractivity (Wildman–Crippen MR) is 103 cm³/mol. The van der Waals surface area contributed by atoms with Gasteiger partial charge in [-0.15, -0.1) is 0 Å². The molecule has 0 aliphatic carbocycles. The SMILES string of the molecule is CC.CCCC(CCC)c1nc(C)cc(-c2ccccc2)c1C. The molecule has 1 aromatic heterocycles. The number of benzene rings is 1. The van der Waals surface area contributed by atoms with E-state index in [2.05, 4.69) is 64.1 Å². The van der Waals surface area contributed by atoms with E-state index in [9.17, 15) is 0 Å². The van der Waals surface area contributed by atoms with Gasteiger partial charge in [-0.05, 0) is 49.4 Å². The van der Waals surface area contributed by atoms with E-state index >= 15 is 0 Å². The van der Waals surface area contributed by atoms with Crippen molar-refractivity contribution in [2.24, 2.45) is 0 Å². The fourth-order valence-electron chi connectivity index (χ4n) is 3.19. The molecule has 23 heavy (non-hydrogen) atoms. The van der Waals surface area contributed by atoms with E-state index in [1.807, 2.05) is 13.8 Å². The van der Waals surface area contributed by atoms with Crippen LogP contribution in [0.1, 0.15) is 76.2 Å². The van der Waals surface area contributed by atoms with Crippen LogP contribution in [0.5, 0.6) is 0 Å². The maximum absolute atomic E-state index is 4.90. The summed E-state index contributed by atoms with van der Waals surface area (Å²) < 4.78 is 0. The van der Waals surface area contributed by atoms with Crippen LogP contribution in [0.2, 0.25) is 0 Å². The average molecular weight is 312 g/mol. The third kappa shape index (κ3) is 5.20. The smallest absolute Gasteiger partial charge is 0.0473 e. The van der Waals surface area contributed by atoms with E-state index in [0.717, 1.165) is 5.69 Å². The van der Waals surface area contributed by atoms with E-state index in [4.69, 9.17) is 4.98 Å². The summed E-state index contributed by atoms with van der Waals surface area (Å²) >= 11 is 0.